The number of benzene rings is 1. The monoisotopic (exact) mass is 408 g/mol. The summed E-state index contributed by atoms with van der Waals surface area (Å²) < 4.78 is 23.9. The molecular weight excluding hydrogens is 384 g/mol. The molecule has 0 bridgehead atoms. The third kappa shape index (κ3) is 4.84. The van der Waals surface area contributed by atoms with Crippen molar-refractivity contribution in [1.82, 2.24) is 4.90 Å². The fourth-order valence-electron chi connectivity index (χ4n) is 3.10. The Morgan fingerprint density at radius 1 is 1.31 bits per heavy atom. The Kier molecular flexibility index (Phi) is 5.99. The van der Waals surface area contributed by atoms with Crippen LogP contribution in [0.15, 0.2) is 41.8 Å². The molecule has 26 heavy (non-hydrogen) atoms. The maximum atomic E-state index is 11.9. The van der Waals surface area contributed by atoms with Crippen LogP contribution in [0.2, 0.25) is 0 Å². The largest absolute Gasteiger partial charge is 0.340 e. The quantitative estimate of drug-likeness (QED) is 0.749. The number of nitrogens with zero attached hydrogens (tertiary/aromatic N) is 1. The number of hydrogen-bond acceptors (Lipinski definition) is 4. The smallest absolute Gasteiger partial charge is 0.174 e. The van der Waals surface area contributed by atoms with Gasteiger partial charge >= 0.3 is 0 Å². The minimum atomic E-state index is -2.97. The summed E-state index contributed by atoms with van der Waals surface area (Å²) >= 11 is 7.31. The van der Waals surface area contributed by atoms with E-state index in [-0.39, 0.29) is 17.5 Å². The van der Waals surface area contributed by atoms with Crippen molar-refractivity contribution in [1.29, 1.82) is 0 Å². The molecule has 4 nitrogen and oxygen atoms in total. The van der Waals surface area contributed by atoms with Crippen LogP contribution in [0.4, 0.5) is 5.69 Å². The third-order valence-corrected chi connectivity index (χ3v) is 7.59. The van der Waals surface area contributed by atoms with E-state index in [2.05, 4.69) is 37.4 Å². The van der Waals surface area contributed by atoms with Crippen molar-refractivity contribution < 1.29 is 8.42 Å². The standard InChI is InChI=1S/C19H24N2O2S3/c1-14(2)15-5-7-16(8-6-15)20-19(24)21(12-18-4-3-10-25-18)17-9-11-26(22,23)13-17/h3-8,10,14,17H,9,11-13H2,1-2H3,(H,20,24)/t17-/m0/s1. The molecule has 1 aromatic carbocycles. The van der Waals surface area contributed by atoms with Gasteiger partial charge in [-0.15, -0.1) is 11.3 Å². The minimum Gasteiger partial charge on any atom is -0.340 e. The van der Waals surface area contributed by atoms with Crippen molar-refractivity contribution in [3.8, 4) is 0 Å². The van der Waals surface area contributed by atoms with Crippen molar-refractivity contribution in [3.63, 3.8) is 0 Å². The molecule has 140 valence electrons. The topological polar surface area (TPSA) is 49.4 Å². The molecular formula is C19H24N2O2S3. The van der Waals surface area contributed by atoms with Gasteiger partial charge in [-0.2, -0.15) is 0 Å². The number of sulfone groups is 1. The lowest BCUT2D eigenvalue weighted by Crippen LogP contribution is -2.42. The zero-order chi connectivity index (χ0) is 18.7. The summed E-state index contributed by atoms with van der Waals surface area (Å²) in [5.74, 6) is 0.895. The van der Waals surface area contributed by atoms with Gasteiger partial charge in [0, 0.05) is 16.6 Å². The molecule has 1 aliphatic rings. The van der Waals surface area contributed by atoms with Crippen molar-refractivity contribution >= 4 is 44.2 Å². The zero-order valence-corrected chi connectivity index (χ0v) is 17.5. The summed E-state index contributed by atoms with van der Waals surface area (Å²) in [5.41, 5.74) is 2.20. The molecule has 7 heteroatoms. The van der Waals surface area contributed by atoms with Gasteiger partial charge in [0.2, 0.25) is 0 Å². The van der Waals surface area contributed by atoms with Crippen molar-refractivity contribution in [2.45, 2.75) is 38.8 Å². The van der Waals surface area contributed by atoms with E-state index in [1.165, 1.54) is 10.4 Å². The Hall–Kier alpha value is -1.44. The summed E-state index contributed by atoms with van der Waals surface area (Å²) in [4.78, 5) is 3.20. The summed E-state index contributed by atoms with van der Waals surface area (Å²) in [5, 5.41) is 5.90. The molecule has 1 aromatic heterocycles. The Balaban J connectivity index is 1.75. The van der Waals surface area contributed by atoms with Gasteiger partial charge in [0.15, 0.2) is 14.9 Å². The molecule has 0 saturated carbocycles. The number of nitrogens with one attached hydrogen (secondary N) is 1. The van der Waals surface area contributed by atoms with Gasteiger partial charge < -0.3 is 10.2 Å². The van der Waals surface area contributed by atoms with E-state index >= 15 is 0 Å². The first kappa shape index (κ1) is 19.3. The Morgan fingerprint density at radius 3 is 2.58 bits per heavy atom. The molecule has 0 radical (unpaired) electrons. The molecule has 3 rings (SSSR count). The fourth-order valence-corrected chi connectivity index (χ4v) is 5.87. The van der Waals surface area contributed by atoms with Gasteiger partial charge in [0.05, 0.1) is 18.1 Å². The van der Waals surface area contributed by atoms with Crippen LogP contribution in [0.3, 0.4) is 0 Å². The first-order chi connectivity index (χ1) is 12.3. The molecule has 1 N–H and O–H groups in total. The zero-order valence-electron chi connectivity index (χ0n) is 15.0. The SMILES string of the molecule is CC(C)c1ccc(NC(=S)N(Cc2cccs2)[C@H]2CCS(=O)(=O)C2)cc1. The Bertz CT molecular complexity index is 843. The number of anilines is 1. The minimum absolute atomic E-state index is 0.0722. The molecule has 1 atom stereocenters. The maximum absolute atomic E-state index is 11.9. The molecule has 2 aromatic rings. The lowest BCUT2D eigenvalue weighted by molar-refractivity contribution is 0.335. The van der Waals surface area contributed by atoms with Crippen molar-refractivity contribution in [2.24, 2.45) is 0 Å². The molecule has 0 aliphatic carbocycles. The Morgan fingerprint density at radius 2 is 2.04 bits per heavy atom. The van der Waals surface area contributed by atoms with Crippen LogP contribution in [0, 0.1) is 0 Å². The van der Waals surface area contributed by atoms with Crippen LogP contribution in [0.1, 0.15) is 36.6 Å². The van der Waals surface area contributed by atoms with E-state index in [0.717, 1.165) is 5.69 Å². The highest BCUT2D eigenvalue weighted by molar-refractivity contribution is 7.91. The number of hydrogen-bond donors (Lipinski definition) is 1. The summed E-state index contributed by atoms with van der Waals surface area (Å²) in [7, 11) is -2.97. The average Bonchev–Trinajstić information content (AvgIpc) is 3.22. The summed E-state index contributed by atoms with van der Waals surface area (Å²) in [6.07, 6.45) is 0.627. The maximum Gasteiger partial charge on any atom is 0.174 e. The van der Waals surface area contributed by atoms with Gasteiger partial charge in [-0.05, 0) is 53.7 Å². The Labute approximate surface area is 165 Å². The average molecular weight is 409 g/mol. The molecule has 2 heterocycles. The normalized spacial score (nSPS) is 18.8. The predicted molar refractivity (Wildman–Crippen MR) is 114 cm³/mol. The number of thiophene rings is 1. The molecule has 0 unspecified atom stereocenters. The van der Waals surface area contributed by atoms with E-state index in [1.807, 2.05) is 28.5 Å². The van der Waals surface area contributed by atoms with Crippen molar-refractivity contribution in [2.75, 3.05) is 16.8 Å². The van der Waals surface area contributed by atoms with Crippen LogP contribution in [-0.4, -0.2) is 36.0 Å². The second-order valence-electron chi connectivity index (χ2n) is 6.97. The second kappa shape index (κ2) is 8.06. The van der Waals surface area contributed by atoms with E-state index in [0.29, 0.717) is 24.0 Å². The predicted octanol–water partition coefficient (Wildman–Crippen LogP) is 4.26. The van der Waals surface area contributed by atoms with Crippen molar-refractivity contribution in [3.05, 3.63) is 52.2 Å². The lowest BCUT2D eigenvalue weighted by Gasteiger charge is -2.30. The van der Waals surface area contributed by atoms with Crippen LogP contribution < -0.4 is 5.32 Å². The first-order valence-corrected chi connectivity index (χ1v) is 11.9. The van der Waals surface area contributed by atoms with Crippen LogP contribution >= 0.6 is 23.6 Å². The van der Waals surface area contributed by atoms with E-state index in [9.17, 15) is 8.42 Å². The summed E-state index contributed by atoms with van der Waals surface area (Å²) in [6, 6.07) is 12.2. The molecule has 1 aliphatic heterocycles. The van der Waals surface area contributed by atoms with E-state index in [1.54, 1.807) is 11.3 Å². The highest BCUT2D eigenvalue weighted by Crippen LogP contribution is 2.24. The number of rotatable bonds is 5. The number of thiocarbonyl (C=S) groups is 1. The van der Waals surface area contributed by atoms with Gasteiger partial charge in [-0.1, -0.05) is 32.0 Å². The fraction of sp³-hybridized carbons (Fsp3) is 0.421. The second-order valence-corrected chi connectivity index (χ2v) is 10.6. The highest BCUT2D eigenvalue weighted by Gasteiger charge is 2.33. The van der Waals surface area contributed by atoms with E-state index in [4.69, 9.17) is 12.2 Å². The van der Waals surface area contributed by atoms with Gasteiger partial charge in [-0.25, -0.2) is 8.42 Å². The molecule has 0 amide bonds. The van der Waals surface area contributed by atoms with Gasteiger partial charge in [-0.3, -0.25) is 0 Å². The van der Waals surface area contributed by atoms with Crippen LogP contribution in [0.5, 0.6) is 0 Å². The lowest BCUT2D eigenvalue weighted by atomic mass is 10.0. The molecule has 0 spiro atoms. The van der Waals surface area contributed by atoms with Gasteiger partial charge in [0.25, 0.3) is 0 Å². The van der Waals surface area contributed by atoms with Crippen LogP contribution in [-0.2, 0) is 16.4 Å². The van der Waals surface area contributed by atoms with Crippen LogP contribution in [0.25, 0.3) is 0 Å². The first-order valence-electron chi connectivity index (χ1n) is 8.74. The molecule has 1 fully saturated rings. The van der Waals surface area contributed by atoms with E-state index < -0.39 is 9.84 Å². The molecule has 1 saturated heterocycles. The highest BCUT2D eigenvalue weighted by atomic mass is 32.2. The van der Waals surface area contributed by atoms with Gasteiger partial charge in [0.1, 0.15) is 0 Å². The third-order valence-electron chi connectivity index (χ3n) is 4.64. The summed E-state index contributed by atoms with van der Waals surface area (Å²) in [6.45, 7) is 4.96.